The van der Waals surface area contributed by atoms with Crippen molar-refractivity contribution in [3.8, 4) is 0 Å². The molecule has 1 unspecified atom stereocenters. The maximum Gasteiger partial charge on any atom is 0.233 e. The lowest BCUT2D eigenvalue weighted by molar-refractivity contribution is -0.120. The van der Waals surface area contributed by atoms with Gasteiger partial charge in [0.05, 0.1) is 17.6 Å². The van der Waals surface area contributed by atoms with Gasteiger partial charge in [-0.05, 0) is 6.92 Å². The molecule has 0 bridgehead atoms. The monoisotopic (exact) mass is 260 g/mol. The average molecular weight is 261 g/mol. The van der Waals surface area contributed by atoms with E-state index in [1.165, 1.54) is 0 Å². The van der Waals surface area contributed by atoms with Crippen molar-refractivity contribution >= 4 is 21.8 Å². The number of nitrogens with zero attached hydrogens (tertiary/aromatic N) is 1. The van der Waals surface area contributed by atoms with Crippen molar-refractivity contribution in [2.45, 2.75) is 31.6 Å². The Morgan fingerprint density at radius 3 is 3.00 bits per heavy atom. The van der Waals surface area contributed by atoms with E-state index in [-0.39, 0.29) is 10.7 Å². The van der Waals surface area contributed by atoms with E-state index in [1.807, 2.05) is 6.92 Å². The van der Waals surface area contributed by atoms with E-state index in [4.69, 9.17) is 4.42 Å². The van der Waals surface area contributed by atoms with E-state index < -0.39 is 0 Å². The van der Waals surface area contributed by atoms with Gasteiger partial charge in [-0.25, -0.2) is 4.98 Å². The predicted octanol–water partition coefficient (Wildman–Crippen LogP) is 1.64. The van der Waals surface area contributed by atoms with Gasteiger partial charge in [0, 0.05) is 6.42 Å². The Labute approximate surface area is 91.2 Å². The zero-order chi connectivity index (χ0) is 10.6. The number of rotatable bonds is 4. The molecular formula is C9H13BrN2O2. The van der Waals surface area contributed by atoms with E-state index in [0.29, 0.717) is 12.4 Å². The zero-order valence-electron chi connectivity index (χ0n) is 8.21. The first-order chi connectivity index (χ1) is 6.63. The largest absolute Gasteiger partial charge is 0.444 e. The highest BCUT2D eigenvalue weighted by Gasteiger charge is 2.09. The normalized spacial score (nSPS) is 12.5. The fourth-order valence-corrected chi connectivity index (χ4v) is 1.06. The summed E-state index contributed by atoms with van der Waals surface area (Å²) in [5, 5.41) is 2.69. The molecule has 0 aliphatic heterocycles. The first-order valence-corrected chi connectivity index (χ1v) is 5.40. The third-order valence-corrected chi connectivity index (χ3v) is 2.14. The van der Waals surface area contributed by atoms with Gasteiger partial charge in [-0.15, -0.1) is 0 Å². The van der Waals surface area contributed by atoms with Crippen molar-refractivity contribution in [1.29, 1.82) is 0 Å². The van der Waals surface area contributed by atoms with E-state index in [9.17, 15) is 4.79 Å². The number of hydrogen-bond donors (Lipinski definition) is 1. The van der Waals surface area contributed by atoms with Crippen molar-refractivity contribution in [2.24, 2.45) is 0 Å². The Hall–Kier alpha value is -0.840. The van der Waals surface area contributed by atoms with E-state index in [0.717, 1.165) is 12.2 Å². The summed E-state index contributed by atoms with van der Waals surface area (Å²) in [4.78, 5) is 15.0. The first-order valence-electron chi connectivity index (χ1n) is 4.48. The van der Waals surface area contributed by atoms with Crippen LogP contribution in [0.4, 0.5) is 0 Å². The number of nitrogens with one attached hydrogen (secondary N) is 1. The van der Waals surface area contributed by atoms with Crippen LogP contribution < -0.4 is 5.32 Å². The quantitative estimate of drug-likeness (QED) is 0.838. The lowest BCUT2D eigenvalue weighted by Crippen LogP contribution is -2.28. The molecule has 1 heterocycles. The number of halogens is 1. The molecule has 0 spiro atoms. The van der Waals surface area contributed by atoms with E-state index >= 15 is 0 Å². The average Bonchev–Trinajstić information content (AvgIpc) is 2.61. The minimum atomic E-state index is -0.192. The Morgan fingerprint density at radius 1 is 1.79 bits per heavy atom. The fraction of sp³-hybridized carbons (Fsp3) is 0.556. The molecule has 0 saturated carbocycles. The lowest BCUT2D eigenvalue weighted by Gasteiger charge is -2.03. The molecule has 1 amide bonds. The molecule has 14 heavy (non-hydrogen) atoms. The van der Waals surface area contributed by atoms with Gasteiger partial charge < -0.3 is 9.73 Å². The second-order valence-corrected chi connectivity index (χ2v) is 4.28. The fourth-order valence-electron chi connectivity index (χ4n) is 0.897. The van der Waals surface area contributed by atoms with Crippen LogP contribution in [0.3, 0.4) is 0 Å². The highest BCUT2D eigenvalue weighted by atomic mass is 79.9. The molecule has 0 saturated heterocycles. The smallest absolute Gasteiger partial charge is 0.233 e. The third kappa shape index (κ3) is 3.14. The Morgan fingerprint density at radius 2 is 2.50 bits per heavy atom. The van der Waals surface area contributed by atoms with Gasteiger partial charge in [-0.3, -0.25) is 4.79 Å². The van der Waals surface area contributed by atoms with Gasteiger partial charge in [0.15, 0.2) is 0 Å². The van der Waals surface area contributed by atoms with Gasteiger partial charge in [0.2, 0.25) is 11.8 Å². The number of carbonyl (C=O) groups is 1. The maximum atomic E-state index is 11.2. The highest BCUT2D eigenvalue weighted by Crippen LogP contribution is 2.04. The zero-order valence-corrected chi connectivity index (χ0v) is 9.80. The number of carbonyl (C=O) groups excluding carboxylic acids is 1. The summed E-state index contributed by atoms with van der Waals surface area (Å²) >= 11 is 3.17. The van der Waals surface area contributed by atoms with Crippen LogP contribution in [-0.4, -0.2) is 15.7 Å². The van der Waals surface area contributed by atoms with Crippen LogP contribution in [0.5, 0.6) is 0 Å². The molecule has 0 fully saturated rings. The van der Waals surface area contributed by atoms with Crippen LogP contribution in [0.2, 0.25) is 0 Å². The van der Waals surface area contributed by atoms with Gasteiger partial charge in [0.25, 0.3) is 0 Å². The van der Waals surface area contributed by atoms with Crippen LogP contribution in [0, 0.1) is 0 Å². The van der Waals surface area contributed by atoms with Crippen molar-refractivity contribution in [3.05, 3.63) is 17.8 Å². The number of amides is 1. The summed E-state index contributed by atoms with van der Waals surface area (Å²) in [5.74, 6) is 1.31. The Bertz CT molecular complexity index is 310. The minimum absolute atomic E-state index is 0.0683. The Balaban J connectivity index is 2.41. The van der Waals surface area contributed by atoms with Gasteiger partial charge in [0.1, 0.15) is 5.76 Å². The maximum absolute atomic E-state index is 11.2. The molecule has 1 aromatic heterocycles. The molecular weight excluding hydrogens is 248 g/mol. The number of aryl methyl sites for hydroxylation is 1. The Kier molecular flexibility index (Phi) is 4.13. The molecule has 1 rings (SSSR count). The van der Waals surface area contributed by atoms with Crippen LogP contribution in [0.1, 0.15) is 25.5 Å². The van der Waals surface area contributed by atoms with Gasteiger partial charge in [-0.2, -0.15) is 0 Å². The molecule has 78 valence electrons. The highest BCUT2D eigenvalue weighted by molar-refractivity contribution is 9.10. The number of alkyl halides is 1. The molecule has 4 nitrogen and oxygen atoms in total. The summed E-state index contributed by atoms with van der Waals surface area (Å²) in [5.41, 5.74) is 0. The summed E-state index contributed by atoms with van der Waals surface area (Å²) in [6.45, 7) is 4.10. The van der Waals surface area contributed by atoms with Crippen molar-refractivity contribution in [1.82, 2.24) is 10.3 Å². The van der Waals surface area contributed by atoms with Crippen LogP contribution >= 0.6 is 15.9 Å². The van der Waals surface area contributed by atoms with Crippen molar-refractivity contribution in [3.63, 3.8) is 0 Å². The summed E-state index contributed by atoms with van der Waals surface area (Å²) in [6.07, 6.45) is 2.49. The van der Waals surface area contributed by atoms with Crippen molar-refractivity contribution in [2.75, 3.05) is 0 Å². The van der Waals surface area contributed by atoms with Crippen molar-refractivity contribution < 1.29 is 9.21 Å². The number of hydrogen-bond acceptors (Lipinski definition) is 3. The minimum Gasteiger partial charge on any atom is -0.444 e. The summed E-state index contributed by atoms with van der Waals surface area (Å²) in [6, 6.07) is 0. The lowest BCUT2D eigenvalue weighted by atomic mass is 10.4. The molecule has 0 radical (unpaired) electrons. The molecule has 1 atom stereocenters. The predicted molar refractivity (Wildman–Crippen MR) is 56.1 cm³/mol. The molecule has 1 aromatic rings. The molecule has 0 aliphatic carbocycles. The van der Waals surface area contributed by atoms with E-state index in [2.05, 4.69) is 26.2 Å². The molecule has 5 heteroatoms. The van der Waals surface area contributed by atoms with E-state index in [1.54, 1.807) is 13.1 Å². The molecule has 1 N–H and O–H groups in total. The molecule has 0 aliphatic rings. The van der Waals surface area contributed by atoms with Crippen LogP contribution in [-0.2, 0) is 17.8 Å². The summed E-state index contributed by atoms with van der Waals surface area (Å²) < 4.78 is 5.32. The first kappa shape index (κ1) is 11.2. The SMILES string of the molecule is CCc1cnc(CNC(=O)C(C)Br)o1. The second kappa shape index (κ2) is 5.14. The topological polar surface area (TPSA) is 55.1 Å². The van der Waals surface area contributed by atoms with Crippen LogP contribution in [0.25, 0.3) is 0 Å². The number of oxazole rings is 1. The summed E-state index contributed by atoms with van der Waals surface area (Å²) in [7, 11) is 0. The van der Waals surface area contributed by atoms with Gasteiger partial charge >= 0.3 is 0 Å². The standard InChI is InChI=1S/C9H13BrN2O2/c1-3-7-4-11-8(14-7)5-12-9(13)6(2)10/h4,6H,3,5H2,1-2H3,(H,12,13). The van der Waals surface area contributed by atoms with Crippen LogP contribution in [0.15, 0.2) is 10.6 Å². The number of aromatic nitrogens is 1. The molecule has 0 aromatic carbocycles. The third-order valence-electron chi connectivity index (χ3n) is 1.73. The second-order valence-electron chi connectivity index (χ2n) is 2.91. The van der Waals surface area contributed by atoms with Gasteiger partial charge in [-0.1, -0.05) is 22.9 Å².